The molecule has 1 amide bonds. The third-order valence-electron chi connectivity index (χ3n) is 4.06. The first kappa shape index (κ1) is 16.4. The molecule has 0 atom stereocenters. The molecule has 24 heavy (non-hydrogen) atoms. The fourth-order valence-electron chi connectivity index (χ4n) is 2.85. The van der Waals surface area contributed by atoms with E-state index in [1.54, 1.807) is 6.20 Å². The first-order chi connectivity index (χ1) is 11.6. The summed E-state index contributed by atoms with van der Waals surface area (Å²) in [6.07, 6.45) is 6.20. The quantitative estimate of drug-likeness (QED) is 0.806. The number of carbonyl (C=O) groups is 1. The van der Waals surface area contributed by atoms with Crippen molar-refractivity contribution >= 4 is 11.7 Å². The summed E-state index contributed by atoms with van der Waals surface area (Å²) < 4.78 is 1.90. The third kappa shape index (κ3) is 3.87. The van der Waals surface area contributed by atoms with Gasteiger partial charge in [0, 0.05) is 26.2 Å². The number of nitrogens with zero attached hydrogens (tertiary/aromatic N) is 6. The van der Waals surface area contributed by atoms with Crippen LogP contribution in [0.5, 0.6) is 0 Å². The van der Waals surface area contributed by atoms with Gasteiger partial charge in [0.25, 0.3) is 5.91 Å². The van der Waals surface area contributed by atoms with Gasteiger partial charge in [0.2, 0.25) is 0 Å². The van der Waals surface area contributed by atoms with E-state index in [0.717, 1.165) is 57.1 Å². The zero-order chi connectivity index (χ0) is 16.9. The number of aryl methyl sites for hydroxylation is 3. The molecular weight excluding hydrogens is 306 g/mol. The second kappa shape index (κ2) is 7.37. The average molecular weight is 329 g/mol. The average Bonchev–Trinajstić information content (AvgIpc) is 3.21. The van der Waals surface area contributed by atoms with Gasteiger partial charge in [-0.15, -0.1) is 0 Å². The van der Waals surface area contributed by atoms with E-state index in [9.17, 15) is 4.79 Å². The molecule has 128 valence electrons. The number of amides is 1. The Morgan fingerprint density at radius 3 is 2.71 bits per heavy atom. The topological polar surface area (TPSA) is 88.8 Å². The van der Waals surface area contributed by atoms with Crippen LogP contribution in [-0.2, 0) is 6.54 Å². The number of likely N-dealkylation sites (tertiary alicyclic amines) is 1. The molecule has 2 aromatic rings. The molecule has 3 heterocycles. The highest BCUT2D eigenvalue weighted by Gasteiger charge is 2.20. The van der Waals surface area contributed by atoms with Crippen molar-refractivity contribution in [3.63, 3.8) is 0 Å². The molecule has 0 spiro atoms. The van der Waals surface area contributed by atoms with Gasteiger partial charge < -0.3 is 10.2 Å². The lowest BCUT2D eigenvalue weighted by molar-refractivity contribution is 0.0786. The third-order valence-corrected chi connectivity index (χ3v) is 4.06. The van der Waals surface area contributed by atoms with Gasteiger partial charge in [-0.25, -0.2) is 9.97 Å². The lowest BCUT2D eigenvalue weighted by Crippen LogP contribution is -2.28. The molecule has 1 aliphatic heterocycles. The molecular formula is C16H23N7O. The van der Waals surface area contributed by atoms with Gasteiger partial charge in [0.05, 0.1) is 12.4 Å². The van der Waals surface area contributed by atoms with E-state index in [4.69, 9.17) is 0 Å². The zero-order valence-corrected chi connectivity index (χ0v) is 14.2. The molecule has 0 unspecified atom stereocenters. The smallest absolute Gasteiger partial charge is 0.274 e. The Kier molecular flexibility index (Phi) is 5.02. The van der Waals surface area contributed by atoms with Crippen LogP contribution in [0.2, 0.25) is 0 Å². The number of hydrogen-bond acceptors (Lipinski definition) is 6. The summed E-state index contributed by atoms with van der Waals surface area (Å²) in [7, 11) is 0. The van der Waals surface area contributed by atoms with Crippen molar-refractivity contribution in [2.24, 2.45) is 0 Å². The first-order valence-corrected chi connectivity index (χ1v) is 8.37. The molecule has 0 aromatic carbocycles. The van der Waals surface area contributed by atoms with Crippen LogP contribution in [0.1, 0.15) is 41.4 Å². The highest BCUT2D eigenvalue weighted by Crippen LogP contribution is 2.12. The summed E-state index contributed by atoms with van der Waals surface area (Å²) in [5, 5.41) is 7.56. The van der Waals surface area contributed by atoms with Crippen LogP contribution in [-0.4, -0.2) is 55.2 Å². The summed E-state index contributed by atoms with van der Waals surface area (Å²) >= 11 is 0. The van der Waals surface area contributed by atoms with Crippen LogP contribution in [0.4, 0.5) is 5.82 Å². The number of aromatic nitrogens is 5. The number of rotatable bonds is 6. The fraction of sp³-hybridized carbons (Fsp3) is 0.562. The monoisotopic (exact) mass is 329 g/mol. The van der Waals surface area contributed by atoms with Crippen molar-refractivity contribution in [1.82, 2.24) is 29.6 Å². The number of hydrogen-bond donors (Lipinski definition) is 1. The van der Waals surface area contributed by atoms with E-state index >= 15 is 0 Å². The second-order valence-corrected chi connectivity index (χ2v) is 6.00. The van der Waals surface area contributed by atoms with Gasteiger partial charge in [0.15, 0.2) is 0 Å². The number of nitrogens with one attached hydrogen (secondary N) is 1. The molecule has 1 N–H and O–H groups in total. The van der Waals surface area contributed by atoms with Crippen LogP contribution in [0.3, 0.4) is 0 Å². The summed E-state index contributed by atoms with van der Waals surface area (Å²) in [5.41, 5.74) is 0.407. The van der Waals surface area contributed by atoms with Gasteiger partial charge in [-0.05, 0) is 33.1 Å². The van der Waals surface area contributed by atoms with E-state index in [1.807, 2.05) is 23.4 Å². The first-order valence-electron chi connectivity index (χ1n) is 8.37. The molecule has 1 aliphatic rings. The van der Waals surface area contributed by atoms with Crippen LogP contribution >= 0.6 is 0 Å². The highest BCUT2D eigenvalue weighted by atomic mass is 16.2. The van der Waals surface area contributed by atoms with E-state index in [-0.39, 0.29) is 5.91 Å². The Balaban J connectivity index is 1.51. The van der Waals surface area contributed by atoms with E-state index in [2.05, 4.69) is 25.4 Å². The second-order valence-electron chi connectivity index (χ2n) is 6.00. The maximum atomic E-state index is 12.3. The van der Waals surface area contributed by atoms with Gasteiger partial charge in [-0.2, -0.15) is 5.10 Å². The summed E-state index contributed by atoms with van der Waals surface area (Å²) in [5.74, 6) is 2.31. The summed E-state index contributed by atoms with van der Waals surface area (Å²) in [6.45, 7) is 6.99. The van der Waals surface area contributed by atoms with Gasteiger partial charge in [-0.3, -0.25) is 14.5 Å². The van der Waals surface area contributed by atoms with Crippen LogP contribution in [0.25, 0.3) is 0 Å². The standard InChI is InChI=1S/C16H23N7O/c1-12-19-13(2)23(21-12)9-5-6-18-15-11-17-10-14(20-15)16(24)22-7-3-4-8-22/h10-11H,3-9H2,1-2H3,(H,18,20). The summed E-state index contributed by atoms with van der Waals surface area (Å²) in [4.78, 5) is 27.0. The molecule has 8 nitrogen and oxygen atoms in total. The Bertz CT molecular complexity index is 706. The Morgan fingerprint density at radius 2 is 2.00 bits per heavy atom. The maximum absolute atomic E-state index is 12.3. The predicted molar refractivity (Wildman–Crippen MR) is 89.8 cm³/mol. The van der Waals surface area contributed by atoms with Gasteiger partial charge in [-0.1, -0.05) is 0 Å². The zero-order valence-electron chi connectivity index (χ0n) is 14.2. The Labute approximate surface area is 141 Å². The summed E-state index contributed by atoms with van der Waals surface area (Å²) in [6, 6.07) is 0. The Hall–Kier alpha value is -2.51. The van der Waals surface area contributed by atoms with Crippen molar-refractivity contribution in [3.05, 3.63) is 29.7 Å². The van der Waals surface area contributed by atoms with Crippen molar-refractivity contribution in [2.45, 2.75) is 39.7 Å². The minimum atomic E-state index is -0.0302. The van der Waals surface area contributed by atoms with Crippen molar-refractivity contribution in [2.75, 3.05) is 25.0 Å². The minimum absolute atomic E-state index is 0.0302. The SMILES string of the molecule is Cc1nc(C)n(CCCNc2cncc(C(=O)N3CCCC3)n2)n1. The van der Waals surface area contributed by atoms with Crippen molar-refractivity contribution in [3.8, 4) is 0 Å². The molecule has 3 rings (SSSR count). The highest BCUT2D eigenvalue weighted by molar-refractivity contribution is 5.92. The lowest BCUT2D eigenvalue weighted by atomic mass is 10.3. The van der Waals surface area contributed by atoms with Crippen LogP contribution in [0.15, 0.2) is 12.4 Å². The van der Waals surface area contributed by atoms with Crippen LogP contribution in [0, 0.1) is 13.8 Å². The molecule has 0 radical (unpaired) electrons. The molecule has 1 fully saturated rings. The molecule has 1 saturated heterocycles. The molecule has 0 bridgehead atoms. The van der Waals surface area contributed by atoms with E-state index < -0.39 is 0 Å². The molecule has 8 heteroatoms. The van der Waals surface area contributed by atoms with E-state index in [0.29, 0.717) is 11.5 Å². The van der Waals surface area contributed by atoms with Crippen molar-refractivity contribution in [1.29, 1.82) is 0 Å². The molecule has 0 aliphatic carbocycles. The van der Waals surface area contributed by atoms with Gasteiger partial charge >= 0.3 is 0 Å². The Morgan fingerprint density at radius 1 is 1.21 bits per heavy atom. The molecule has 0 saturated carbocycles. The normalized spacial score (nSPS) is 14.2. The molecule has 2 aromatic heterocycles. The number of carbonyl (C=O) groups excluding carboxylic acids is 1. The van der Waals surface area contributed by atoms with Gasteiger partial charge in [0.1, 0.15) is 23.2 Å². The maximum Gasteiger partial charge on any atom is 0.274 e. The minimum Gasteiger partial charge on any atom is -0.369 e. The largest absolute Gasteiger partial charge is 0.369 e. The van der Waals surface area contributed by atoms with Crippen molar-refractivity contribution < 1.29 is 4.79 Å². The lowest BCUT2D eigenvalue weighted by Gasteiger charge is -2.14. The number of anilines is 1. The fourth-order valence-corrected chi connectivity index (χ4v) is 2.85. The van der Waals surface area contributed by atoms with Crippen LogP contribution < -0.4 is 5.32 Å². The predicted octanol–water partition coefficient (Wildman–Crippen LogP) is 1.42. The van der Waals surface area contributed by atoms with E-state index in [1.165, 1.54) is 6.20 Å².